The van der Waals surface area contributed by atoms with E-state index in [1.165, 1.54) is 0 Å². The van der Waals surface area contributed by atoms with Crippen molar-refractivity contribution in [1.82, 2.24) is 10.2 Å². The number of amides is 2. The van der Waals surface area contributed by atoms with Gasteiger partial charge in [-0.05, 0) is 17.7 Å². The van der Waals surface area contributed by atoms with Gasteiger partial charge in [0.15, 0.2) is 5.72 Å². The molecule has 1 fully saturated rings. The van der Waals surface area contributed by atoms with Gasteiger partial charge < -0.3 is 19.7 Å². The fourth-order valence-electron chi connectivity index (χ4n) is 3.34. The Hall–Kier alpha value is -3.02. The molecule has 0 saturated carbocycles. The topological polar surface area (TPSA) is 67.9 Å². The van der Waals surface area contributed by atoms with Gasteiger partial charge in [0.2, 0.25) is 0 Å². The Kier molecular flexibility index (Phi) is 4.24. The predicted octanol–water partition coefficient (Wildman–Crippen LogP) is 2.94. The third-order valence-corrected chi connectivity index (χ3v) is 4.81. The van der Waals surface area contributed by atoms with Crippen LogP contribution in [0.25, 0.3) is 0 Å². The van der Waals surface area contributed by atoms with E-state index in [0.29, 0.717) is 37.2 Å². The van der Waals surface area contributed by atoms with Crippen LogP contribution in [0, 0.1) is 0 Å². The van der Waals surface area contributed by atoms with Gasteiger partial charge in [-0.2, -0.15) is 0 Å². The average Bonchev–Trinajstić information content (AvgIpc) is 2.67. The summed E-state index contributed by atoms with van der Waals surface area (Å²) in [5.74, 6) is 0.461. The summed E-state index contributed by atoms with van der Waals surface area (Å²) < 4.78 is 11.5. The minimum Gasteiger partial charge on any atom is -0.467 e. The summed E-state index contributed by atoms with van der Waals surface area (Å²) >= 11 is 0. The van der Waals surface area contributed by atoms with Gasteiger partial charge in [0.25, 0.3) is 5.91 Å². The molecule has 2 amide bonds. The number of para-hydroxylation sites is 1. The van der Waals surface area contributed by atoms with E-state index in [4.69, 9.17) is 9.47 Å². The molecule has 2 aromatic carbocycles. The number of nitrogens with zero attached hydrogens (tertiary/aromatic N) is 1. The number of carbonyl (C=O) groups is 2. The molecule has 1 spiro atoms. The van der Waals surface area contributed by atoms with Crippen LogP contribution < -0.4 is 10.1 Å². The maximum Gasteiger partial charge on any atom is 0.410 e. The highest BCUT2D eigenvalue weighted by Crippen LogP contribution is 2.33. The molecule has 134 valence electrons. The second-order valence-electron chi connectivity index (χ2n) is 6.57. The highest BCUT2D eigenvalue weighted by Gasteiger charge is 2.43. The minimum atomic E-state index is -0.748. The van der Waals surface area contributed by atoms with Gasteiger partial charge in [0, 0.05) is 25.9 Å². The van der Waals surface area contributed by atoms with E-state index in [-0.39, 0.29) is 18.6 Å². The Balaban J connectivity index is 1.35. The highest BCUT2D eigenvalue weighted by atomic mass is 16.6. The van der Waals surface area contributed by atoms with E-state index in [9.17, 15) is 9.59 Å². The zero-order valence-electron chi connectivity index (χ0n) is 14.3. The van der Waals surface area contributed by atoms with Crippen molar-refractivity contribution in [2.45, 2.75) is 25.2 Å². The normalized spacial score (nSPS) is 17.8. The molecular formula is C20H20N2O4. The smallest absolute Gasteiger partial charge is 0.410 e. The lowest BCUT2D eigenvalue weighted by Gasteiger charge is -2.44. The quantitative estimate of drug-likeness (QED) is 0.902. The van der Waals surface area contributed by atoms with Crippen LogP contribution in [-0.4, -0.2) is 35.7 Å². The molecule has 2 aliphatic rings. The average molecular weight is 352 g/mol. The van der Waals surface area contributed by atoms with Gasteiger partial charge >= 0.3 is 6.09 Å². The summed E-state index contributed by atoms with van der Waals surface area (Å²) in [7, 11) is 0. The lowest BCUT2D eigenvalue weighted by Crippen LogP contribution is -2.61. The molecule has 0 aromatic heterocycles. The van der Waals surface area contributed by atoms with Crippen molar-refractivity contribution in [2.24, 2.45) is 0 Å². The largest absolute Gasteiger partial charge is 0.467 e. The van der Waals surface area contributed by atoms with Crippen LogP contribution in [-0.2, 0) is 11.3 Å². The van der Waals surface area contributed by atoms with Gasteiger partial charge in [-0.15, -0.1) is 0 Å². The van der Waals surface area contributed by atoms with Crippen molar-refractivity contribution >= 4 is 12.0 Å². The Morgan fingerprint density at radius 3 is 2.54 bits per heavy atom. The fourth-order valence-corrected chi connectivity index (χ4v) is 3.34. The van der Waals surface area contributed by atoms with E-state index in [0.717, 1.165) is 5.56 Å². The fraction of sp³-hybridized carbons (Fsp3) is 0.300. The third-order valence-electron chi connectivity index (χ3n) is 4.81. The van der Waals surface area contributed by atoms with E-state index >= 15 is 0 Å². The minimum absolute atomic E-state index is 0.132. The summed E-state index contributed by atoms with van der Waals surface area (Å²) in [6.45, 7) is 1.19. The van der Waals surface area contributed by atoms with Gasteiger partial charge in [0.05, 0.1) is 5.56 Å². The van der Waals surface area contributed by atoms with Crippen LogP contribution in [0.1, 0.15) is 28.8 Å². The first-order chi connectivity index (χ1) is 12.7. The Morgan fingerprint density at radius 1 is 1.08 bits per heavy atom. The summed E-state index contributed by atoms with van der Waals surface area (Å²) in [6.07, 6.45) is 0.701. The van der Waals surface area contributed by atoms with Crippen molar-refractivity contribution in [2.75, 3.05) is 13.1 Å². The molecule has 2 heterocycles. The SMILES string of the molecule is O=C1NC2(CCN(C(=O)OCc3ccccc3)CC2)Oc2ccccc21. The first-order valence-electron chi connectivity index (χ1n) is 8.71. The van der Waals surface area contributed by atoms with E-state index < -0.39 is 5.72 Å². The first kappa shape index (κ1) is 16.4. The van der Waals surface area contributed by atoms with Crippen LogP contribution in [0.5, 0.6) is 5.75 Å². The van der Waals surface area contributed by atoms with Gasteiger partial charge in [-0.1, -0.05) is 42.5 Å². The van der Waals surface area contributed by atoms with Crippen LogP contribution >= 0.6 is 0 Å². The van der Waals surface area contributed by atoms with Gasteiger partial charge in [-0.25, -0.2) is 4.79 Å². The molecule has 0 atom stereocenters. The van der Waals surface area contributed by atoms with Crippen LogP contribution in [0.3, 0.4) is 0 Å². The molecule has 0 unspecified atom stereocenters. The van der Waals surface area contributed by atoms with Gasteiger partial charge in [-0.3, -0.25) is 4.79 Å². The number of nitrogens with one attached hydrogen (secondary N) is 1. The van der Waals surface area contributed by atoms with Crippen LogP contribution in [0.2, 0.25) is 0 Å². The second-order valence-corrected chi connectivity index (χ2v) is 6.57. The van der Waals surface area contributed by atoms with Crippen molar-refractivity contribution in [3.63, 3.8) is 0 Å². The summed E-state index contributed by atoms with van der Waals surface area (Å²) in [6, 6.07) is 16.8. The monoisotopic (exact) mass is 352 g/mol. The number of rotatable bonds is 2. The predicted molar refractivity (Wildman–Crippen MR) is 94.7 cm³/mol. The van der Waals surface area contributed by atoms with Gasteiger partial charge in [0.1, 0.15) is 12.4 Å². The molecule has 4 rings (SSSR count). The molecule has 2 aliphatic heterocycles. The van der Waals surface area contributed by atoms with E-state index in [1.54, 1.807) is 17.0 Å². The van der Waals surface area contributed by atoms with Crippen molar-refractivity contribution in [3.8, 4) is 5.75 Å². The number of carbonyl (C=O) groups excluding carboxylic acids is 2. The molecule has 6 nitrogen and oxygen atoms in total. The number of fused-ring (bicyclic) bond motifs is 1. The summed E-state index contributed by atoms with van der Waals surface area (Å²) in [5, 5.41) is 2.97. The number of hydrogen-bond acceptors (Lipinski definition) is 4. The Bertz CT molecular complexity index is 814. The van der Waals surface area contributed by atoms with Crippen LogP contribution in [0.15, 0.2) is 54.6 Å². The zero-order valence-corrected chi connectivity index (χ0v) is 14.3. The molecule has 1 saturated heterocycles. The molecule has 1 N–H and O–H groups in total. The molecular weight excluding hydrogens is 332 g/mol. The third kappa shape index (κ3) is 3.22. The molecule has 0 bridgehead atoms. The molecule has 0 aliphatic carbocycles. The van der Waals surface area contributed by atoms with Crippen molar-refractivity contribution < 1.29 is 19.1 Å². The zero-order chi connectivity index (χ0) is 18.0. The molecule has 0 radical (unpaired) electrons. The summed E-state index contributed by atoms with van der Waals surface area (Å²) in [5.41, 5.74) is 0.749. The number of hydrogen-bond donors (Lipinski definition) is 1. The Morgan fingerprint density at radius 2 is 1.77 bits per heavy atom. The standard InChI is InChI=1S/C20H20N2O4/c23-18-16-8-4-5-9-17(16)26-20(21-18)10-12-22(13-11-20)19(24)25-14-15-6-2-1-3-7-15/h1-9H,10-14H2,(H,21,23). The highest BCUT2D eigenvalue weighted by molar-refractivity contribution is 5.98. The molecule has 26 heavy (non-hydrogen) atoms. The molecule has 6 heteroatoms. The molecule has 2 aromatic rings. The Labute approximate surface area is 151 Å². The number of benzene rings is 2. The number of piperidine rings is 1. The van der Waals surface area contributed by atoms with Crippen molar-refractivity contribution in [1.29, 1.82) is 0 Å². The van der Waals surface area contributed by atoms with Crippen LogP contribution in [0.4, 0.5) is 4.79 Å². The maximum atomic E-state index is 12.3. The van der Waals surface area contributed by atoms with E-state index in [2.05, 4.69) is 5.32 Å². The second kappa shape index (κ2) is 6.71. The first-order valence-corrected chi connectivity index (χ1v) is 8.71. The number of ether oxygens (including phenoxy) is 2. The number of likely N-dealkylation sites (tertiary alicyclic amines) is 1. The van der Waals surface area contributed by atoms with E-state index in [1.807, 2.05) is 42.5 Å². The summed E-state index contributed by atoms with van der Waals surface area (Å²) in [4.78, 5) is 26.3. The maximum absolute atomic E-state index is 12.3. The lowest BCUT2D eigenvalue weighted by molar-refractivity contribution is -0.0282. The lowest BCUT2D eigenvalue weighted by atomic mass is 9.97. The van der Waals surface area contributed by atoms with Crippen molar-refractivity contribution in [3.05, 3.63) is 65.7 Å².